The van der Waals surface area contributed by atoms with Crippen LogP contribution in [0.2, 0.25) is 0 Å². The summed E-state index contributed by atoms with van der Waals surface area (Å²) in [7, 11) is 0. The Morgan fingerprint density at radius 1 is 0.939 bits per heavy atom. The van der Waals surface area contributed by atoms with Gasteiger partial charge in [0.25, 0.3) is 0 Å². The van der Waals surface area contributed by atoms with Crippen LogP contribution >= 0.6 is 0 Å². The van der Waals surface area contributed by atoms with E-state index in [1.807, 2.05) is 48.5 Å². The zero-order valence-corrected chi connectivity index (χ0v) is 19.4. The highest BCUT2D eigenvalue weighted by molar-refractivity contribution is 5.91. The molecule has 0 bridgehead atoms. The van der Waals surface area contributed by atoms with E-state index >= 15 is 0 Å². The molecule has 3 rings (SSSR count). The van der Waals surface area contributed by atoms with Crippen LogP contribution in [0.25, 0.3) is 0 Å². The van der Waals surface area contributed by atoms with Crippen molar-refractivity contribution in [1.29, 1.82) is 0 Å². The zero-order chi connectivity index (χ0) is 23.5. The van der Waals surface area contributed by atoms with E-state index < -0.39 is 5.82 Å². The van der Waals surface area contributed by atoms with Crippen molar-refractivity contribution in [2.45, 2.75) is 52.6 Å². The van der Waals surface area contributed by atoms with Gasteiger partial charge in [-0.25, -0.2) is 4.39 Å². The number of carbonyl (C=O) groups excluding carboxylic acids is 1. The van der Waals surface area contributed by atoms with Crippen LogP contribution in [0.4, 0.5) is 21.5 Å². The number of benzene rings is 3. The number of ether oxygens (including phenoxy) is 1. The quantitative estimate of drug-likeness (QED) is 0.298. The Morgan fingerprint density at radius 2 is 1.73 bits per heavy atom. The van der Waals surface area contributed by atoms with E-state index in [-0.39, 0.29) is 5.91 Å². The molecular weight excluding hydrogens is 415 g/mol. The largest absolute Gasteiger partial charge is 0.489 e. The van der Waals surface area contributed by atoms with E-state index in [1.165, 1.54) is 6.07 Å². The van der Waals surface area contributed by atoms with Crippen molar-refractivity contribution >= 4 is 23.0 Å². The van der Waals surface area contributed by atoms with E-state index in [0.717, 1.165) is 31.2 Å². The number of hydrogen-bond donors (Lipinski definition) is 2. The van der Waals surface area contributed by atoms with Gasteiger partial charge in [-0.1, -0.05) is 69.5 Å². The summed E-state index contributed by atoms with van der Waals surface area (Å²) >= 11 is 0. The molecular formula is C28H33FN2O2. The molecule has 33 heavy (non-hydrogen) atoms. The third-order valence-electron chi connectivity index (χ3n) is 5.67. The SMILES string of the molecule is CCCC(CC)CCC(=O)Nc1cccc(Nc2ccc(OCc3ccccc3)cc2F)c1. The van der Waals surface area contributed by atoms with Crippen LogP contribution in [0.5, 0.6) is 5.75 Å². The van der Waals surface area contributed by atoms with Gasteiger partial charge in [-0.2, -0.15) is 0 Å². The number of anilines is 3. The minimum Gasteiger partial charge on any atom is -0.489 e. The minimum absolute atomic E-state index is 0.00722. The highest BCUT2D eigenvalue weighted by Gasteiger charge is 2.10. The molecule has 2 N–H and O–H groups in total. The average Bonchev–Trinajstić information content (AvgIpc) is 2.83. The van der Waals surface area contributed by atoms with Gasteiger partial charge in [-0.05, 0) is 48.2 Å². The summed E-state index contributed by atoms with van der Waals surface area (Å²) in [6.07, 6.45) is 4.81. The van der Waals surface area contributed by atoms with Crippen LogP contribution in [-0.2, 0) is 11.4 Å². The maximum absolute atomic E-state index is 14.6. The van der Waals surface area contributed by atoms with Crippen LogP contribution in [0, 0.1) is 11.7 Å². The number of amides is 1. The van der Waals surface area contributed by atoms with Crippen LogP contribution in [0.1, 0.15) is 51.5 Å². The van der Waals surface area contributed by atoms with Gasteiger partial charge in [-0.15, -0.1) is 0 Å². The topological polar surface area (TPSA) is 50.4 Å². The maximum atomic E-state index is 14.6. The van der Waals surface area contributed by atoms with E-state index in [0.29, 0.717) is 41.8 Å². The fraction of sp³-hybridized carbons (Fsp3) is 0.321. The fourth-order valence-corrected chi connectivity index (χ4v) is 3.78. The third kappa shape index (κ3) is 7.94. The first-order valence-corrected chi connectivity index (χ1v) is 11.7. The Bertz CT molecular complexity index is 1020. The summed E-state index contributed by atoms with van der Waals surface area (Å²) in [5.41, 5.74) is 2.75. The summed E-state index contributed by atoms with van der Waals surface area (Å²) in [5, 5.41) is 6.03. The average molecular weight is 449 g/mol. The summed E-state index contributed by atoms with van der Waals surface area (Å²) in [4.78, 5) is 12.4. The van der Waals surface area contributed by atoms with Gasteiger partial charge < -0.3 is 15.4 Å². The van der Waals surface area contributed by atoms with E-state index in [2.05, 4.69) is 24.5 Å². The fourth-order valence-electron chi connectivity index (χ4n) is 3.78. The van der Waals surface area contributed by atoms with Crippen LogP contribution in [-0.4, -0.2) is 5.91 Å². The van der Waals surface area contributed by atoms with Crippen molar-refractivity contribution < 1.29 is 13.9 Å². The summed E-state index contributed by atoms with van der Waals surface area (Å²) < 4.78 is 20.3. The second kappa shape index (κ2) is 12.6. The summed E-state index contributed by atoms with van der Waals surface area (Å²) in [5.74, 6) is 0.664. The molecule has 1 unspecified atom stereocenters. The number of carbonyl (C=O) groups is 1. The molecule has 3 aromatic carbocycles. The monoisotopic (exact) mass is 448 g/mol. The van der Waals surface area contributed by atoms with Gasteiger partial charge in [0, 0.05) is 23.9 Å². The lowest BCUT2D eigenvalue weighted by Gasteiger charge is -2.14. The normalized spacial score (nSPS) is 11.6. The van der Waals surface area contributed by atoms with E-state index in [4.69, 9.17) is 4.74 Å². The lowest BCUT2D eigenvalue weighted by Crippen LogP contribution is -2.13. The van der Waals surface area contributed by atoms with Crippen molar-refractivity contribution in [2.24, 2.45) is 5.92 Å². The molecule has 3 aromatic rings. The first-order valence-electron chi connectivity index (χ1n) is 11.7. The standard InChI is InChI=1S/C28H33FN2O2/c1-3-9-21(4-2)14-17-28(32)31-24-13-8-12-23(18-24)30-27-16-15-25(19-26(27)29)33-20-22-10-6-5-7-11-22/h5-8,10-13,15-16,18-19,21,30H,3-4,9,14,17,20H2,1-2H3,(H,31,32). The van der Waals surface area contributed by atoms with Gasteiger partial charge >= 0.3 is 0 Å². The lowest BCUT2D eigenvalue weighted by atomic mass is 9.95. The van der Waals surface area contributed by atoms with Crippen molar-refractivity contribution in [3.05, 3.63) is 84.2 Å². The number of nitrogens with one attached hydrogen (secondary N) is 2. The molecule has 5 heteroatoms. The second-order valence-electron chi connectivity index (χ2n) is 8.27. The highest BCUT2D eigenvalue weighted by Crippen LogP contribution is 2.26. The number of hydrogen-bond acceptors (Lipinski definition) is 3. The molecule has 0 saturated carbocycles. The first-order chi connectivity index (χ1) is 16.1. The first kappa shape index (κ1) is 24.3. The van der Waals surface area contributed by atoms with Crippen molar-refractivity contribution in [3.8, 4) is 5.75 Å². The highest BCUT2D eigenvalue weighted by atomic mass is 19.1. The van der Waals surface area contributed by atoms with Crippen LogP contribution < -0.4 is 15.4 Å². The van der Waals surface area contributed by atoms with Gasteiger partial charge in [0.1, 0.15) is 18.2 Å². The predicted octanol–water partition coefficient (Wildman–Crippen LogP) is 7.69. The predicted molar refractivity (Wildman–Crippen MR) is 133 cm³/mol. The maximum Gasteiger partial charge on any atom is 0.224 e. The molecule has 1 atom stereocenters. The molecule has 0 aliphatic rings. The van der Waals surface area contributed by atoms with Gasteiger partial charge in [0.15, 0.2) is 0 Å². The third-order valence-corrected chi connectivity index (χ3v) is 5.67. The molecule has 0 fully saturated rings. The molecule has 174 valence electrons. The van der Waals surface area contributed by atoms with Crippen LogP contribution in [0.3, 0.4) is 0 Å². The van der Waals surface area contributed by atoms with Crippen molar-refractivity contribution in [2.75, 3.05) is 10.6 Å². The molecule has 0 spiro atoms. The number of halogens is 1. The Kier molecular flexibility index (Phi) is 9.31. The van der Waals surface area contributed by atoms with E-state index in [1.54, 1.807) is 18.2 Å². The van der Waals surface area contributed by atoms with Crippen molar-refractivity contribution in [3.63, 3.8) is 0 Å². The summed E-state index contributed by atoms with van der Waals surface area (Å²) in [6.45, 7) is 4.73. The summed E-state index contributed by atoms with van der Waals surface area (Å²) in [6, 6.07) is 21.8. The Morgan fingerprint density at radius 3 is 2.45 bits per heavy atom. The molecule has 0 radical (unpaired) electrons. The molecule has 0 saturated heterocycles. The molecule has 0 heterocycles. The van der Waals surface area contributed by atoms with Gasteiger partial charge in [0.05, 0.1) is 5.69 Å². The Hall–Kier alpha value is -3.34. The minimum atomic E-state index is -0.406. The lowest BCUT2D eigenvalue weighted by molar-refractivity contribution is -0.116. The molecule has 0 aromatic heterocycles. The van der Waals surface area contributed by atoms with Crippen molar-refractivity contribution in [1.82, 2.24) is 0 Å². The van der Waals surface area contributed by atoms with Gasteiger partial charge in [-0.3, -0.25) is 4.79 Å². The number of rotatable bonds is 12. The van der Waals surface area contributed by atoms with Crippen LogP contribution in [0.15, 0.2) is 72.8 Å². The second-order valence-corrected chi connectivity index (χ2v) is 8.27. The van der Waals surface area contributed by atoms with Gasteiger partial charge in [0.2, 0.25) is 5.91 Å². The molecule has 0 aliphatic heterocycles. The Labute approximate surface area is 196 Å². The zero-order valence-electron chi connectivity index (χ0n) is 19.4. The molecule has 1 amide bonds. The smallest absolute Gasteiger partial charge is 0.224 e. The Balaban J connectivity index is 1.55. The van der Waals surface area contributed by atoms with E-state index in [9.17, 15) is 9.18 Å². The molecule has 4 nitrogen and oxygen atoms in total. The molecule has 0 aliphatic carbocycles.